The summed E-state index contributed by atoms with van der Waals surface area (Å²) in [6.07, 6.45) is 0. The predicted molar refractivity (Wildman–Crippen MR) is 35.0 cm³/mol. The van der Waals surface area contributed by atoms with Crippen molar-refractivity contribution in [1.82, 2.24) is 0 Å². The van der Waals surface area contributed by atoms with E-state index < -0.39 is 0 Å². The van der Waals surface area contributed by atoms with Gasteiger partial charge in [0.25, 0.3) is 0 Å². The van der Waals surface area contributed by atoms with Gasteiger partial charge in [-0.15, -0.1) is 0 Å². The molecule has 1 unspecified atom stereocenters. The maximum atomic E-state index is 10.5. The van der Waals surface area contributed by atoms with Gasteiger partial charge in [-0.1, -0.05) is 22.9 Å². The molecular formula is C5H9BrO2Zn. The van der Waals surface area contributed by atoms with Crippen LogP contribution in [-0.2, 0) is 29.0 Å². The van der Waals surface area contributed by atoms with E-state index in [1.54, 1.807) is 6.92 Å². The van der Waals surface area contributed by atoms with Crippen LogP contribution in [0.1, 0.15) is 6.92 Å². The largest absolute Gasteiger partial charge is 0.469 e. The van der Waals surface area contributed by atoms with Gasteiger partial charge >= 0.3 is 5.97 Å². The van der Waals surface area contributed by atoms with Crippen molar-refractivity contribution in [2.24, 2.45) is 5.92 Å². The van der Waals surface area contributed by atoms with E-state index in [1.165, 1.54) is 7.11 Å². The summed E-state index contributed by atoms with van der Waals surface area (Å²) in [4.78, 5) is 10.5. The van der Waals surface area contributed by atoms with Gasteiger partial charge in [0.15, 0.2) is 0 Å². The zero-order chi connectivity index (χ0) is 6.57. The van der Waals surface area contributed by atoms with Gasteiger partial charge in [-0.25, -0.2) is 0 Å². The van der Waals surface area contributed by atoms with E-state index in [1.807, 2.05) is 0 Å². The van der Waals surface area contributed by atoms with Crippen molar-refractivity contribution in [3.05, 3.63) is 0 Å². The van der Waals surface area contributed by atoms with Crippen molar-refractivity contribution >= 4 is 21.9 Å². The molecule has 0 aliphatic heterocycles. The molecule has 0 N–H and O–H groups in total. The van der Waals surface area contributed by atoms with E-state index in [0.29, 0.717) is 5.33 Å². The Labute approximate surface area is 76.2 Å². The Balaban J connectivity index is 0. The summed E-state index contributed by atoms with van der Waals surface area (Å²) in [5.74, 6) is -0.193. The Morgan fingerprint density at radius 2 is 2.22 bits per heavy atom. The second-order valence-electron chi connectivity index (χ2n) is 1.58. The summed E-state index contributed by atoms with van der Waals surface area (Å²) >= 11 is 3.16. The fourth-order valence-corrected chi connectivity index (χ4v) is 0.529. The van der Waals surface area contributed by atoms with Crippen molar-refractivity contribution < 1.29 is 29.0 Å². The number of carbonyl (C=O) groups is 1. The molecule has 4 heteroatoms. The molecular weight excluding hydrogens is 237 g/mol. The molecule has 2 nitrogen and oxygen atoms in total. The standard InChI is InChI=1S/C5H9BrO2.Zn/c1-4(3-6)5(7)8-2;/h4H,3H2,1-2H3;. The van der Waals surface area contributed by atoms with Gasteiger partial charge in [0.2, 0.25) is 0 Å². The van der Waals surface area contributed by atoms with Crippen molar-refractivity contribution in [2.45, 2.75) is 6.92 Å². The molecule has 0 amide bonds. The number of methoxy groups -OCH3 is 1. The van der Waals surface area contributed by atoms with Gasteiger partial charge in [-0.05, 0) is 0 Å². The first-order valence-corrected chi connectivity index (χ1v) is 3.48. The topological polar surface area (TPSA) is 26.3 Å². The monoisotopic (exact) mass is 244 g/mol. The molecule has 0 fully saturated rings. The molecule has 0 spiro atoms. The molecule has 1 atom stereocenters. The predicted octanol–water partition coefficient (Wildman–Crippen LogP) is 1.19. The third-order valence-corrected chi connectivity index (χ3v) is 1.81. The normalized spacial score (nSPS) is 11.4. The molecule has 50 valence electrons. The first-order chi connectivity index (χ1) is 3.72. The summed E-state index contributed by atoms with van der Waals surface area (Å²) in [5, 5.41) is 0.666. The molecule has 0 aromatic rings. The number of hydrogen-bond donors (Lipinski definition) is 0. The molecule has 9 heavy (non-hydrogen) atoms. The van der Waals surface area contributed by atoms with Gasteiger partial charge in [-0.3, -0.25) is 4.79 Å². The Morgan fingerprint density at radius 1 is 1.78 bits per heavy atom. The molecule has 0 aliphatic rings. The summed E-state index contributed by atoms with van der Waals surface area (Å²) in [6, 6.07) is 0. The van der Waals surface area contributed by atoms with Crippen LogP contribution >= 0.6 is 15.9 Å². The van der Waals surface area contributed by atoms with Crippen LogP contribution in [0.15, 0.2) is 0 Å². The molecule has 0 heterocycles. The summed E-state index contributed by atoms with van der Waals surface area (Å²) in [7, 11) is 1.39. The zero-order valence-corrected chi connectivity index (χ0v) is 10.2. The Bertz CT molecular complexity index is 87.0. The number of rotatable bonds is 2. The molecule has 0 aromatic carbocycles. The van der Waals surface area contributed by atoms with E-state index in [0.717, 1.165) is 0 Å². The van der Waals surface area contributed by atoms with E-state index in [2.05, 4.69) is 20.7 Å². The second-order valence-corrected chi connectivity index (χ2v) is 2.23. The number of hydrogen-bond acceptors (Lipinski definition) is 2. The minimum atomic E-state index is -0.165. The minimum Gasteiger partial charge on any atom is -0.469 e. The third-order valence-electron chi connectivity index (χ3n) is 0.835. The SMILES string of the molecule is COC(=O)C(C)CBr.[Zn]. The number of alkyl halides is 1. The first kappa shape index (κ1) is 12.3. The molecule has 0 radical (unpaired) electrons. The van der Waals surface area contributed by atoms with E-state index in [9.17, 15) is 4.79 Å². The molecule has 0 aliphatic carbocycles. The number of esters is 1. The van der Waals surface area contributed by atoms with Crippen LogP contribution in [0.5, 0.6) is 0 Å². The molecule has 0 saturated carbocycles. The van der Waals surface area contributed by atoms with Crippen molar-refractivity contribution in [1.29, 1.82) is 0 Å². The van der Waals surface area contributed by atoms with Gasteiger partial charge in [-0.2, -0.15) is 0 Å². The van der Waals surface area contributed by atoms with Gasteiger partial charge in [0, 0.05) is 24.8 Å². The number of ether oxygens (including phenoxy) is 1. The molecule has 0 aromatic heterocycles. The second kappa shape index (κ2) is 6.69. The van der Waals surface area contributed by atoms with E-state index >= 15 is 0 Å². The number of halogens is 1. The average Bonchev–Trinajstić information content (AvgIpc) is 1.84. The maximum Gasteiger partial charge on any atom is 0.309 e. The minimum absolute atomic E-state index is 0. The molecule has 0 saturated heterocycles. The summed E-state index contributed by atoms with van der Waals surface area (Å²) in [5.41, 5.74) is 0. The van der Waals surface area contributed by atoms with Crippen molar-refractivity contribution in [2.75, 3.05) is 12.4 Å². The zero-order valence-electron chi connectivity index (χ0n) is 5.69. The third kappa shape index (κ3) is 5.04. The first-order valence-electron chi connectivity index (χ1n) is 2.36. The fraction of sp³-hybridized carbons (Fsp3) is 0.800. The fourth-order valence-electron chi connectivity index (χ4n) is 0.264. The van der Waals surface area contributed by atoms with Gasteiger partial charge in [0.05, 0.1) is 13.0 Å². The Kier molecular flexibility index (Phi) is 9.12. The number of carbonyl (C=O) groups excluding carboxylic acids is 1. The van der Waals surface area contributed by atoms with E-state index in [-0.39, 0.29) is 31.4 Å². The van der Waals surface area contributed by atoms with Crippen LogP contribution in [0.3, 0.4) is 0 Å². The quantitative estimate of drug-likeness (QED) is 0.416. The van der Waals surface area contributed by atoms with Crippen LogP contribution in [-0.4, -0.2) is 18.4 Å². The van der Waals surface area contributed by atoms with Crippen molar-refractivity contribution in [3.8, 4) is 0 Å². The average molecular weight is 246 g/mol. The summed E-state index contributed by atoms with van der Waals surface area (Å²) in [6.45, 7) is 1.81. The van der Waals surface area contributed by atoms with Crippen LogP contribution in [0.2, 0.25) is 0 Å². The van der Waals surface area contributed by atoms with E-state index in [4.69, 9.17) is 0 Å². The Hall–Kier alpha value is 0.573. The van der Waals surface area contributed by atoms with Crippen molar-refractivity contribution in [3.63, 3.8) is 0 Å². The van der Waals surface area contributed by atoms with Gasteiger partial charge in [0.1, 0.15) is 0 Å². The smallest absolute Gasteiger partial charge is 0.309 e. The van der Waals surface area contributed by atoms with Crippen LogP contribution in [0.25, 0.3) is 0 Å². The van der Waals surface area contributed by atoms with Crippen LogP contribution in [0.4, 0.5) is 0 Å². The molecule has 0 rings (SSSR count). The van der Waals surface area contributed by atoms with Crippen LogP contribution < -0.4 is 0 Å². The maximum absolute atomic E-state index is 10.5. The summed E-state index contributed by atoms with van der Waals surface area (Å²) < 4.78 is 4.43. The Morgan fingerprint density at radius 3 is 2.33 bits per heavy atom. The van der Waals surface area contributed by atoms with Crippen LogP contribution in [0, 0.1) is 5.92 Å². The van der Waals surface area contributed by atoms with Gasteiger partial charge < -0.3 is 4.74 Å². The molecule has 0 bridgehead atoms.